The number of hydrogen-bond donors (Lipinski definition) is 0. The Labute approximate surface area is 122 Å². The normalized spacial score (nSPS) is 11.5. The van der Waals surface area contributed by atoms with Gasteiger partial charge >= 0.3 is 0 Å². The van der Waals surface area contributed by atoms with Crippen LogP contribution in [0.15, 0.2) is 16.0 Å². The molecular formula is C14H17N3O2S. The summed E-state index contributed by atoms with van der Waals surface area (Å²) in [6, 6.07) is 3.88. The predicted octanol–water partition coefficient (Wildman–Crippen LogP) is 3.72. The topological polar surface area (TPSA) is 71.9 Å². The van der Waals surface area contributed by atoms with Crippen LogP contribution >= 0.6 is 11.3 Å². The molecule has 106 valence electrons. The standard InChI is InChI=1S/C14H17N3O2S/c1-4-14(5-2,18-6-3)13-16-12(19-17-13)11-10(9-15)7-8-20-11/h7-8H,4-6H2,1-3H3. The summed E-state index contributed by atoms with van der Waals surface area (Å²) in [6.07, 6.45) is 1.54. The third-order valence-electron chi connectivity index (χ3n) is 3.38. The van der Waals surface area contributed by atoms with Gasteiger partial charge in [0, 0.05) is 6.61 Å². The van der Waals surface area contributed by atoms with Gasteiger partial charge < -0.3 is 9.26 Å². The molecule has 2 rings (SSSR count). The first-order chi connectivity index (χ1) is 9.70. The quantitative estimate of drug-likeness (QED) is 0.811. The Hall–Kier alpha value is -1.71. The fourth-order valence-electron chi connectivity index (χ4n) is 2.17. The summed E-state index contributed by atoms with van der Waals surface area (Å²) in [6.45, 7) is 6.63. The van der Waals surface area contributed by atoms with Gasteiger partial charge in [-0.25, -0.2) is 0 Å². The molecule has 20 heavy (non-hydrogen) atoms. The van der Waals surface area contributed by atoms with Crippen LogP contribution in [-0.2, 0) is 10.3 Å². The Morgan fingerprint density at radius 1 is 1.40 bits per heavy atom. The Bertz CT molecular complexity index is 608. The molecule has 0 N–H and O–H groups in total. The second kappa shape index (κ2) is 6.16. The van der Waals surface area contributed by atoms with E-state index in [-0.39, 0.29) is 0 Å². The summed E-state index contributed by atoms with van der Waals surface area (Å²) >= 11 is 1.42. The molecule has 0 amide bonds. The number of ether oxygens (including phenoxy) is 1. The first-order valence-corrected chi connectivity index (χ1v) is 7.54. The number of nitriles is 1. The third kappa shape index (κ3) is 2.47. The van der Waals surface area contributed by atoms with Crippen molar-refractivity contribution in [2.45, 2.75) is 39.2 Å². The number of hydrogen-bond acceptors (Lipinski definition) is 6. The van der Waals surface area contributed by atoms with Crippen molar-refractivity contribution < 1.29 is 9.26 Å². The predicted molar refractivity (Wildman–Crippen MR) is 76.2 cm³/mol. The molecular weight excluding hydrogens is 274 g/mol. The van der Waals surface area contributed by atoms with Crippen molar-refractivity contribution in [2.75, 3.05) is 6.61 Å². The summed E-state index contributed by atoms with van der Waals surface area (Å²) in [5.74, 6) is 0.939. The largest absolute Gasteiger partial charge is 0.367 e. The molecule has 2 aromatic rings. The lowest BCUT2D eigenvalue weighted by atomic mass is 9.96. The van der Waals surface area contributed by atoms with Gasteiger partial charge in [0.1, 0.15) is 16.5 Å². The summed E-state index contributed by atoms with van der Waals surface area (Å²) in [5, 5.41) is 15.0. The van der Waals surface area contributed by atoms with Gasteiger partial charge in [-0.15, -0.1) is 11.3 Å². The van der Waals surface area contributed by atoms with Gasteiger partial charge in [-0.05, 0) is 31.2 Å². The van der Waals surface area contributed by atoms with E-state index in [0.717, 1.165) is 12.8 Å². The van der Waals surface area contributed by atoms with Crippen LogP contribution in [0.25, 0.3) is 10.8 Å². The number of rotatable bonds is 6. The maximum atomic E-state index is 9.05. The van der Waals surface area contributed by atoms with Gasteiger partial charge in [-0.3, -0.25) is 0 Å². The molecule has 0 radical (unpaired) electrons. The van der Waals surface area contributed by atoms with Crippen LogP contribution in [0.1, 0.15) is 45.0 Å². The minimum absolute atomic E-state index is 0.387. The highest BCUT2D eigenvalue weighted by molar-refractivity contribution is 7.13. The second-order valence-electron chi connectivity index (χ2n) is 4.33. The Morgan fingerprint density at radius 2 is 2.15 bits per heavy atom. The Balaban J connectivity index is 2.40. The molecule has 0 unspecified atom stereocenters. The zero-order valence-electron chi connectivity index (χ0n) is 11.8. The second-order valence-corrected chi connectivity index (χ2v) is 5.25. The number of thiophene rings is 1. The van der Waals surface area contributed by atoms with Crippen molar-refractivity contribution in [3.8, 4) is 16.8 Å². The summed E-state index contributed by atoms with van der Waals surface area (Å²) in [5.41, 5.74) is 0.0424. The monoisotopic (exact) mass is 291 g/mol. The highest BCUT2D eigenvalue weighted by Gasteiger charge is 2.35. The van der Waals surface area contributed by atoms with Crippen LogP contribution in [0.5, 0.6) is 0 Å². The van der Waals surface area contributed by atoms with E-state index in [1.807, 2.05) is 26.2 Å². The molecule has 0 fully saturated rings. The zero-order chi connectivity index (χ0) is 14.6. The maximum Gasteiger partial charge on any atom is 0.269 e. The highest BCUT2D eigenvalue weighted by atomic mass is 32.1. The SMILES string of the molecule is CCOC(CC)(CC)c1noc(-c2sccc2C#N)n1. The Morgan fingerprint density at radius 3 is 2.75 bits per heavy atom. The lowest BCUT2D eigenvalue weighted by molar-refractivity contribution is -0.0583. The summed E-state index contributed by atoms with van der Waals surface area (Å²) < 4.78 is 11.2. The van der Waals surface area contributed by atoms with Crippen molar-refractivity contribution in [3.63, 3.8) is 0 Å². The van der Waals surface area contributed by atoms with E-state index >= 15 is 0 Å². The molecule has 0 aliphatic rings. The highest BCUT2D eigenvalue weighted by Crippen LogP contribution is 2.34. The number of nitrogens with zero attached hydrogens (tertiary/aromatic N) is 3. The van der Waals surface area contributed by atoms with Crippen LogP contribution in [0.4, 0.5) is 0 Å². The van der Waals surface area contributed by atoms with E-state index in [9.17, 15) is 0 Å². The van der Waals surface area contributed by atoms with Gasteiger partial charge in [0.05, 0.1) is 5.56 Å². The molecule has 0 aliphatic heterocycles. The molecule has 5 nitrogen and oxygen atoms in total. The minimum atomic E-state index is -0.513. The van der Waals surface area contributed by atoms with Crippen LogP contribution in [0.2, 0.25) is 0 Å². The fraction of sp³-hybridized carbons (Fsp3) is 0.500. The smallest absolute Gasteiger partial charge is 0.269 e. The van der Waals surface area contributed by atoms with E-state index < -0.39 is 5.60 Å². The maximum absolute atomic E-state index is 9.05. The molecule has 0 aromatic carbocycles. The molecule has 0 spiro atoms. The van der Waals surface area contributed by atoms with E-state index in [0.29, 0.717) is 28.8 Å². The minimum Gasteiger partial charge on any atom is -0.367 e. The first-order valence-electron chi connectivity index (χ1n) is 6.66. The summed E-state index contributed by atoms with van der Waals surface area (Å²) in [4.78, 5) is 5.16. The average molecular weight is 291 g/mol. The van der Waals surface area contributed by atoms with Crippen molar-refractivity contribution >= 4 is 11.3 Å². The van der Waals surface area contributed by atoms with Gasteiger partial charge in [0.15, 0.2) is 0 Å². The van der Waals surface area contributed by atoms with Crippen LogP contribution in [0, 0.1) is 11.3 Å². The fourth-order valence-corrected chi connectivity index (χ4v) is 2.94. The van der Waals surface area contributed by atoms with E-state index in [1.54, 1.807) is 6.07 Å². The molecule has 0 bridgehead atoms. The van der Waals surface area contributed by atoms with Gasteiger partial charge in [0.2, 0.25) is 5.82 Å². The molecule has 6 heteroatoms. The zero-order valence-corrected chi connectivity index (χ0v) is 12.7. The lowest BCUT2D eigenvalue weighted by Crippen LogP contribution is -2.29. The van der Waals surface area contributed by atoms with Crippen molar-refractivity contribution in [2.24, 2.45) is 0 Å². The van der Waals surface area contributed by atoms with E-state index in [4.69, 9.17) is 14.5 Å². The van der Waals surface area contributed by atoms with E-state index in [1.165, 1.54) is 11.3 Å². The summed E-state index contributed by atoms with van der Waals surface area (Å²) in [7, 11) is 0. The molecule has 0 saturated carbocycles. The van der Waals surface area contributed by atoms with E-state index in [2.05, 4.69) is 16.2 Å². The molecule has 0 saturated heterocycles. The average Bonchev–Trinajstić information content (AvgIpc) is 3.12. The first kappa shape index (κ1) is 14.7. The molecule has 2 aromatic heterocycles. The molecule has 0 atom stereocenters. The molecule has 2 heterocycles. The van der Waals surface area contributed by atoms with Crippen molar-refractivity contribution in [1.29, 1.82) is 5.26 Å². The van der Waals surface area contributed by atoms with Crippen LogP contribution < -0.4 is 0 Å². The van der Waals surface area contributed by atoms with Gasteiger partial charge in [-0.2, -0.15) is 10.2 Å². The lowest BCUT2D eigenvalue weighted by Gasteiger charge is -2.27. The number of aromatic nitrogens is 2. The van der Waals surface area contributed by atoms with Crippen LogP contribution in [0.3, 0.4) is 0 Å². The van der Waals surface area contributed by atoms with Gasteiger partial charge in [0.25, 0.3) is 5.89 Å². The van der Waals surface area contributed by atoms with Crippen molar-refractivity contribution in [3.05, 3.63) is 22.8 Å². The Kier molecular flexibility index (Phi) is 4.53. The third-order valence-corrected chi connectivity index (χ3v) is 4.28. The van der Waals surface area contributed by atoms with Crippen molar-refractivity contribution in [1.82, 2.24) is 10.1 Å². The van der Waals surface area contributed by atoms with Crippen LogP contribution in [-0.4, -0.2) is 16.7 Å². The molecule has 0 aliphatic carbocycles. The van der Waals surface area contributed by atoms with Gasteiger partial charge in [-0.1, -0.05) is 19.0 Å².